The number of sulfonamides is 1. The Morgan fingerprint density at radius 1 is 1.06 bits per heavy atom. The van der Waals surface area contributed by atoms with Crippen LogP contribution in [0.2, 0.25) is 5.02 Å². The molecule has 1 aliphatic rings. The van der Waals surface area contributed by atoms with Gasteiger partial charge in [0.15, 0.2) is 0 Å². The standard InChI is InChI=1S/C26H25ClFN3O4S/c1-15-6-4-5-7-18(15)14-29-25(32)13-23-26(33)30-21-9-8-19(28)12-22(21)31(23)36(34,35)24-11-16(2)20(27)10-17(24)3/h4-12,23H,13-14H2,1-3H3,(H,29,32)(H,30,33). The molecule has 1 aliphatic heterocycles. The summed E-state index contributed by atoms with van der Waals surface area (Å²) in [5, 5.41) is 5.74. The summed E-state index contributed by atoms with van der Waals surface area (Å²) < 4.78 is 43.0. The second-order valence-electron chi connectivity index (χ2n) is 8.74. The van der Waals surface area contributed by atoms with Crippen LogP contribution in [0, 0.1) is 26.6 Å². The quantitative estimate of drug-likeness (QED) is 0.487. The van der Waals surface area contributed by atoms with Gasteiger partial charge >= 0.3 is 0 Å². The minimum atomic E-state index is -4.40. The van der Waals surface area contributed by atoms with E-state index in [0.717, 1.165) is 27.6 Å². The molecule has 0 saturated carbocycles. The Balaban J connectivity index is 1.73. The van der Waals surface area contributed by atoms with E-state index in [1.165, 1.54) is 18.2 Å². The van der Waals surface area contributed by atoms with Gasteiger partial charge in [0.2, 0.25) is 11.8 Å². The van der Waals surface area contributed by atoms with E-state index in [-0.39, 0.29) is 22.8 Å². The normalized spacial score (nSPS) is 15.3. The molecule has 7 nitrogen and oxygen atoms in total. The Bertz CT molecular complexity index is 1480. The van der Waals surface area contributed by atoms with Gasteiger partial charge in [-0.3, -0.25) is 13.9 Å². The molecule has 10 heteroatoms. The lowest BCUT2D eigenvalue weighted by Gasteiger charge is -2.37. The first-order valence-corrected chi connectivity index (χ1v) is 13.0. The maximum atomic E-state index is 14.3. The van der Waals surface area contributed by atoms with E-state index in [2.05, 4.69) is 10.6 Å². The number of anilines is 2. The van der Waals surface area contributed by atoms with Crippen LogP contribution in [0.3, 0.4) is 0 Å². The van der Waals surface area contributed by atoms with Gasteiger partial charge in [-0.25, -0.2) is 12.8 Å². The molecule has 0 aromatic heterocycles. The Morgan fingerprint density at radius 3 is 2.50 bits per heavy atom. The van der Waals surface area contributed by atoms with Crippen molar-refractivity contribution in [2.75, 3.05) is 9.62 Å². The number of hydrogen-bond acceptors (Lipinski definition) is 4. The number of aryl methyl sites for hydroxylation is 3. The lowest BCUT2D eigenvalue weighted by atomic mass is 10.1. The summed E-state index contributed by atoms with van der Waals surface area (Å²) in [6.45, 7) is 5.37. The van der Waals surface area contributed by atoms with E-state index < -0.39 is 40.1 Å². The molecule has 0 saturated heterocycles. The third kappa shape index (κ3) is 4.94. The summed E-state index contributed by atoms with van der Waals surface area (Å²) in [7, 11) is -4.40. The molecular formula is C26H25ClFN3O4S. The first kappa shape index (κ1) is 25.7. The van der Waals surface area contributed by atoms with Crippen molar-refractivity contribution in [3.05, 3.63) is 87.7 Å². The van der Waals surface area contributed by atoms with Crippen molar-refractivity contribution < 1.29 is 22.4 Å². The molecule has 1 unspecified atom stereocenters. The van der Waals surface area contributed by atoms with Crippen molar-refractivity contribution in [2.45, 2.75) is 44.7 Å². The third-order valence-corrected chi connectivity index (χ3v) is 8.52. The summed E-state index contributed by atoms with van der Waals surface area (Å²) in [6.07, 6.45) is -0.460. The van der Waals surface area contributed by atoms with E-state index in [0.29, 0.717) is 16.1 Å². The number of carbonyl (C=O) groups excluding carboxylic acids is 2. The Kier molecular flexibility index (Phi) is 7.06. The lowest BCUT2D eigenvalue weighted by Crippen LogP contribution is -2.52. The van der Waals surface area contributed by atoms with Crippen LogP contribution >= 0.6 is 11.6 Å². The highest BCUT2D eigenvalue weighted by Gasteiger charge is 2.42. The topological polar surface area (TPSA) is 95.6 Å². The van der Waals surface area contributed by atoms with Gasteiger partial charge in [0.05, 0.1) is 22.7 Å². The molecule has 0 spiro atoms. The van der Waals surface area contributed by atoms with Crippen molar-refractivity contribution in [2.24, 2.45) is 0 Å². The minimum absolute atomic E-state index is 0.0571. The van der Waals surface area contributed by atoms with Crippen LogP contribution in [0.25, 0.3) is 0 Å². The van der Waals surface area contributed by atoms with Crippen LogP contribution in [0.15, 0.2) is 59.5 Å². The predicted molar refractivity (Wildman–Crippen MR) is 137 cm³/mol. The van der Waals surface area contributed by atoms with Crippen molar-refractivity contribution >= 4 is 44.8 Å². The number of halogens is 2. The highest BCUT2D eigenvalue weighted by atomic mass is 35.5. The van der Waals surface area contributed by atoms with E-state index in [4.69, 9.17) is 11.6 Å². The molecule has 1 heterocycles. The fourth-order valence-corrected chi connectivity index (χ4v) is 6.28. The second-order valence-corrected chi connectivity index (χ2v) is 10.9. The van der Waals surface area contributed by atoms with Crippen LogP contribution in [-0.4, -0.2) is 26.3 Å². The Hall–Kier alpha value is -3.43. The number of nitrogens with zero attached hydrogens (tertiary/aromatic N) is 1. The fourth-order valence-electron chi connectivity index (χ4n) is 4.14. The molecule has 4 rings (SSSR count). The van der Waals surface area contributed by atoms with Crippen LogP contribution in [-0.2, 0) is 26.2 Å². The Labute approximate surface area is 214 Å². The number of fused-ring (bicyclic) bond motifs is 1. The molecule has 188 valence electrons. The molecular weight excluding hydrogens is 505 g/mol. The van der Waals surface area contributed by atoms with Crippen molar-refractivity contribution in [1.29, 1.82) is 0 Å². The molecule has 0 radical (unpaired) electrons. The fraction of sp³-hybridized carbons (Fsp3) is 0.231. The first-order valence-electron chi connectivity index (χ1n) is 11.2. The van der Waals surface area contributed by atoms with E-state index in [1.54, 1.807) is 13.8 Å². The number of nitrogens with one attached hydrogen (secondary N) is 2. The molecule has 2 N–H and O–H groups in total. The van der Waals surface area contributed by atoms with Crippen LogP contribution < -0.4 is 14.9 Å². The van der Waals surface area contributed by atoms with Crippen LogP contribution in [0.4, 0.5) is 15.8 Å². The summed E-state index contributed by atoms with van der Waals surface area (Å²) in [5.74, 6) is -1.90. The van der Waals surface area contributed by atoms with Crippen molar-refractivity contribution in [3.8, 4) is 0 Å². The smallest absolute Gasteiger partial charge is 0.265 e. The number of benzene rings is 3. The van der Waals surface area contributed by atoms with Gasteiger partial charge in [0.1, 0.15) is 11.9 Å². The maximum absolute atomic E-state index is 14.3. The summed E-state index contributed by atoms with van der Waals surface area (Å²) in [5.41, 5.74) is 2.83. The second kappa shape index (κ2) is 9.91. The highest BCUT2D eigenvalue weighted by molar-refractivity contribution is 7.93. The molecule has 3 aromatic carbocycles. The van der Waals surface area contributed by atoms with Gasteiger partial charge in [-0.05, 0) is 67.3 Å². The molecule has 1 atom stereocenters. The molecule has 36 heavy (non-hydrogen) atoms. The summed E-state index contributed by atoms with van der Waals surface area (Å²) in [6, 6.07) is 12.4. The van der Waals surface area contributed by atoms with Crippen LogP contribution in [0.5, 0.6) is 0 Å². The Morgan fingerprint density at radius 2 is 1.78 bits per heavy atom. The molecule has 0 fully saturated rings. The first-order chi connectivity index (χ1) is 17.0. The minimum Gasteiger partial charge on any atom is -0.352 e. The SMILES string of the molecule is Cc1cc(S(=O)(=O)N2c3cc(F)ccc3NC(=O)C2CC(=O)NCc2ccccc2C)c(C)cc1Cl. The number of rotatable bonds is 6. The van der Waals surface area contributed by atoms with Gasteiger partial charge in [-0.15, -0.1) is 0 Å². The highest BCUT2D eigenvalue weighted by Crippen LogP contribution is 2.39. The van der Waals surface area contributed by atoms with Crippen LogP contribution in [0.1, 0.15) is 28.7 Å². The zero-order valence-electron chi connectivity index (χ0n) is 19.9. The van der Waals surface area contributed by atoms with Gasteiger partial charge < -0.3 is 10.6 Å². The molecule has 3 aromatic rings. The number of amides is 2. The predicted octanol–water partition coefficient (Wildman–Crippen LogP) is 4.63. The van der Waals surface area contributed by atoms with Gasteiger partial charge in [-0.1, -0.05) is 35.9 Å². The number of hydrogen-bond donors (Lipinski definition) is 2. The van der Waals surface area contributed by atoms with Gasteiger partial charge in [0.25, 0.3) is 10.0 Å². The van der Waals surface area contributed by atoms with Crippen molar-refractivity contribution in [1.82, 2.24) is 5.32 Å². The molecule has 0 aliphatic carbocycles. The zero-order valence-corrected chi connectivity index (χ0v) is 21.5. The monoisotopic (exact) mass is 529 g/mol. The third-order valence-electron chi connectivity index (χ3n) is 6.15. The summed E-state index contributed by atoms with van der Waals surface area (Å²) >= 11 is 6.17. The number of carbonyl (C=O) groups is 2. The molecule has 2 amide bonds. The summed E-state index contributed by atoms with van der Waals surface area (Å²) in [4.78, 5) is 25.9. The average Bonchev–Trinajstić information content (AvgIpc) is 2.81. The van der Waals surface area contributed by atoms with E-state index in [9.17, 15) is 22.4 Å². The lowest BCUT2D eigenvalue weighted by molar-refractivity contribution is -0.125. The van der Waals surface area contributed by atoms with Crippen molar-refractivity contribution in [3.63, 3.8) is 0 Å². The largest absolute Gasteiger partial charge is 0.352 e. The van der Waals surface area contributed by atoms with E-state index in [1.807, 2.05) is 31.2 Å². The van der Waals surface area contributed by atoms with Gasteiger partial charge in [-0.2, -0.15) is 0 Å². The molecule has 0 bridgehead atoms. The van der Waals surface area contributed by atoms with Gasteiger partial charge in [0, 0.05) is 17.6 Å². The van der Waals surface area contributed by atoms with E-state index >= 15 is 0 Å². The average molecular weight is 530 g/mol. The zero-order chi connectivity index (χ0) is 26.2. The maximum Gasteiger partial charge on any atom is 0.265 e.